The summed E-state index contributed by atoms with van der Waals surface area (Å²) in [5.41, 5.74) is 2.65. The van der Waals surface area contributed by atoms with E-state index in [1.165, 1.54) is 12.1 Å². The molecule has 3 nitrogen and oxygen atoms in total. The van der Waals surface area contributed by atoms with Crippen LogP contribution in [0.25, 0.3) is 0 Å². The average Bonchev–Trinajstić information content (AvgIpc) is 2.35. The van der Waals surface area contributed by atoms with Gasteiger partial charge in [-0.2, -0.15) is 0 Å². The minimum absolute atomic E-state index is 0.246. The summed E-state index contributed by atoms with van der Waals surface area (Å²) in [5.74, 6) is 0.556. The molecule has 1 heterocycles. The van der Waals surface area contributed by atoms with E-state index in [0.717, 1.165) is 29.3 Å². The van der Waals surface area contributed by atoms with Crippen LogP contribution in [0.1, 0.15) is 12.5 Å². The SMILES string of the molecule is CCNc1cc(Nc2cc(F)ccc2C)ccn1. The van der Waals surface area contributed by atoms with Crippen molar-refractivity contribution in [3.63, 3.8) is 0 Å². The molecule has 0 saturated heterocycles. The van der Waals surface area contributed by atoms with Crippen LogP contribution in [0.4, 0.5) is 21.6 Å². The van der Waals surface area contributed by atoms with Crippen molar-refractivity contribution in [2.45, 2.75) is 13.8 Å². The van der Waals surface area contributed by atoms with E-state index < -0.39 is 0 Å². The molecule has 0 aliphatic carbocycles. The Morgan fingerprint density at radius 1 is 1.22 bits per heavy atom. The van der Waals surface area contributed by atoms with Crippen LogP contribution in [0, 0.1) is 12.7 Å². The van der Waals surface area contributed by atoms with E-state index in [1.807, 2.05) is 26.0 Å². The number of pyridine rings is 1. The lowest BCUT2D eigenvalue weighted by Crippen LogP contribution is -2.00. The zero-order valence-electron chi connectivity index (χ0n) is 10.5. The molecular formula is C14H16FN3. The monoisotopic (exact) mass is 245 g/mol. The predicted molar refractivity (Wildman–Crippen MR) is 72.8 cm³/mol. The lowest BCUT2D eigenvalue weighted by molar-refractivity contribution is 0.628. The summed E-state index contributed by atoms with van der Waals surface area (Å²) in [4.78, 5) is 4.19. The number of aryl methyl sites for hydroxylation is 1. The van der Waals surface area contributed by atoms with Gasteiger partial charge in [-0.25, -0.2) is 9.37 Å². The van der Waals surface area contributed by atoms with E-state index in [1.54, 1.807) is 12.3 Å². The number of rotatable bonds is 4. The highest BCUT2D eigenvalue weighted by atomic mass is 19.1. The van der Waals surface area contributed by atoms with Gasteiger partial charge in [0, 0.05) is 30.2 Å². The van der Waals surface area contributed by atoms with Gasteiger partial charge in [0.2, 0.25) is 0 Å². The molecule has 0 radical (unpaired) electrons. The Morgan fingerprint density at radius 2 is 2.06 bits per heavy atom. The number of nitrogens with zero attached hydrogens (tertiary/aromatic N) is 1. The van der Waals surface area contributed by atoms with Gasteiger partial charge < -0.3 is 10.6 Å². The largest absolute Gasteiger partial charge is 0.370 e. The third-order valence-corrected chi connectivity index (χ3v) is 2.60. The summed E-state index contributed by atoms with van der Waals surface area (Å²) in [6.07, 6.45) is 1.72. The molecule has 94 valence electrons. The molecule has 1 aromatic carbocycles. The van der Waals surface area contributed by atoms with E-state index >= 15 is 0 Å². The standard InChI is InChI=1S/C14H16FN3/c1-3-16-14-9-12(6-7-17-14)18-13-8-11(15)5-4-10(13)2/h4-9H,3H2,1-2H3,(H2,16,17,18). The van der Waals surface area contributed by atoms with Crippen LogP contribution >= 0.6 is 0 Å². The number of nitrogens with one attached hydrogen (secondary N) is 2. The van der Waals surface area contributed by atoms with Crippen LogP contribution in [0.2, 0.25) is 0 Å². The molecule has 2 N–H and O–H groups in total. The smallest absolute Gasteiger partial charge is 0.127 e. The van der Waals surface area contributed by atoms with Crippen LogP contribution < -0.4 is 10.6 Å². The Morgan fingerprint density at radius 3 is 2.83 bits per heavy atom. The van der Waals surface area contributed by atoms with E-state index in [4.69, 9.17) is 0 Å². The molecule has 0 amide bonds. The third-order valence-electron chi connectivity index (χ3n) is 2.60. The molecule has 0 fully saturated rings. The van der Waals surface area contributed by atoms with E-state index in [9.17, 15) is 4.39 Å². The van der Waals surface area contributed by atoms with Gasteiger partial charge in [0.05, 0.1) is 0 Å². The van der Waals surface area contributed by atoms with Crippen molar-refractivity contribution >= 4 is 17.2 Å². The molecule has 0 aliphatic rings. The van der Waals surface area contributed by atoms with Crippen molar-refractivity contribution in [3.8, 4) is 0 Å². The summed E-state index contributed by atoms with van der Waals surface area (Å²) < 4.78 is 13.2. The quantitative estimate of drug-likeness (QED) is 0.862. The fourth-order valence-corrected chi connectivity index (χ4v) is 1.67. The lowest BCUT2D eigenvalue weighted by Gasteiger charge is -2.11. The predicted octanol–water partition coefficient (Wildman–Crippen LogP) is 3.70. The van der Waals surface area contributed by atoms with Gasteiger partial charge in [-0.1, -0.05) is 6.07 Å². The number of aromatic nitrogens is 1. The molecule has 0 atom stereocenters. The molecule has 0 aliphatic heterocycles. The molecule has 2 aromatic rings. The first-order valence-electron chi connectivity index (χ1n) is 5.92. The van der Waals surface area contributed by atoms with E-state index in [-0.39, 0.29) is 5.82 Å². The van der Waals surface area contributed by atoms with Gasteiger partial charge in [0.25, 0.3) is 0 Å². The van der Waals surface area contributed by atoms with Crippen molar-refractivity contribution in [1.29, 1.82) is 0 Å². The normalized spacial score (nSPS) is 10.2. The first-order valence-corrected chi connectivity index (χ1v) is 5.92. The first kappa shape index (κ1) is 12.4. The summed E-state index contributed by atoms with van der Waals surface area (Å²) in [5, 5.41) is 6.33. The maximum absolute atomic E-state index is 13.2. The molecule has 0 spiro atoms. The number of benzene rings is 1. The molecule has 1 aromatic heterocycles. The molecule has 18 heavy (non-hydrogen) atoms. The number of halogens is 1. The second kappa shape index (κ2) is 5.49. The summed E-state index contributed by atoms with van der Waals surface area (Å²) >= 11 is 0. The van der Waals surface area contributed by atoms with Gasteiger partial charge in [-0.05, 0) is 37.6 Å². The molecule has 0 saturated carbocycles. The van der Waals surface area contributed by atoms with Gasteiger partial charge in [0.15, 0.2) is 0 Å². The fourth-order valence-electron chi connectivity index (χ4n) is 1.67. The van der Waals surface area contributed by atoms with Crippen molar-refractivity contribution in [1.82, 2.24) is 4.98 Å². The third kappa shape index (κ3) is 2.97. The summed E-state index contributed by atoms with van der Waals surface area (Å²) in [6, 6.07) is 8.45. The van der Waals surface area contributed by atoms with Crippen LogP contribution in [-0.4, -0.2) is 11.5 Å². The zero-order valence-corrected chi connectivity index (χ0v) is 10.5. The van der Waals surface area contributed by atoms with Crippen LogP contribution in [0.3, 0.4) is 0 Å². The molecule has 0 unspecified atom stereocenters. The van der Waals surface area contributed by atoms with Gasteiger partial charge in [0.1, 0.15) is 11.6 Å². The Hall–Kier alpha value is -2.10. The summed E-state index contributed by atoms with van der Waals surface area (Å²) in [7, 11) is 0. The molecular weight excluding hydrogens is 229 g/mol. The Balaban J connectivity index is 2.22. The highest BCUT2D eigenvalue weighted by molar-refractivity contribution is 5.65. The van der Waals surface area contributed by atoms with E-state index in [0.29, 0.717) is 0 Å². The van der Waals surface area contributed by atoms with Crippen molar-refractivity contribution in [3.05, 3.63) is 47.9 Å². The first-order chi connectivity index (χ1) is 8.69. The van der Waals surface area contributed by atoms with Crippen molar-refractivity contribution < 1.29 is 4.39 Å². The second-order valence-corrected chi connectivity index (χ2v) is 4.04. The highest BCUT2D eigenvalue weighted by Crippen LogP contribution is 2.22. The fraction of sp³-hybridized carbons (Fsp3) is 0.214. The minimum Gasteiger partial charge on any atom is -0.370 e. The maximum atomic E-state index is 13.2. The molecule has 4 heteroatoms. The van der Waals surface area contributed by atoms with Crippen molar-refractivity contribution in [2.75, 3.05) is 17.2 Å². The minimum atomic E-state index is -0.246. The summed E-state index contributed by atoms with van der Waals surface area (Å²) in [6.45, 7) is 4.77. The topological polar surface area (TPSA) is 37.0 Å². The Bertz CT molecular complexity index is 540. The Kier molecular flexibility index (Phi) is 3.77. The second-order valence-electron chi connectivity index (χ2n) is 4.04. The highest BCUT2D eigenvalue weighted by Gasteiger charge is 2.02. The lowest BCUT2D eigenvalue weighted by atomic mass is 10.2. The van der Waals surface area contributed by atoms with E-state index in [2.05, 4.69) is 15.6 Å². The van der Waals surface area contributed by atoms with Crippen LogP contribution in [0.5, 0.6) is 0 Å². The van der Waals surface area contributed by atoms with Crippen LogP contribution in [-0.2, 0) is 0 Å². The zero-order chi connectivity index (χ0) is 13.0. The number of hydrogen-bond donors (Lipinski definition) is 2. The van der Waals surface area contributed by atoms with Crippen molar-refractivity contribution in [2.24, 2.45) is 0 Å². The molecule has 0 bridgehead atoms. The maximum Gasteiger partial charge on any atom is 0.127 e. The van der Waals surface area contributed by atoms with Crippen LogP contribution in [0.15, 0.2) is 36.5 Å². The Labute approximate surface area is 106 Å². The number of hydrogen-bond acceptors (Lipinski definition) is 3. The number of anilines is 3. The van der Waals surface area contributed by atoms with Gasteiger partial charge >= 0.3 is 0 Å². The molecule has 2 rings (SSSR count). The van der Waals surface area contributed by atoms with Gasteiger partial charge in [-0.15, -0.1) is 0 Å². The van der Waals surface area contributed by atoms with Gasteiger partial charge in [-0.3, -0.25) is 0 Å². The average molecular weight is 245 g/mol.